The fourth-order valence-electron chi connectivity index (χ4n) is 1.90. The Balaban J connectivity index is 2.36. The molecule has 8 heteroatoms. The maximum Gasteiger partial charge on any atom is 0.313 e. The van der Waals surface area contributed by atoms with Gasteiger partial charge in [-0.1, -0.05) is 18.7 Å². The number of carboxylic acid groups (broad SMARTS) is 1. The van der Waals surface area contributed by atoms with Gasteiger partial charge in [0.15, 0.2) is 11.0 Å². The van der Waals surface area contributed by atoms with Gasteiger partial charge >= 0.3 is 5.97 Å². The summed E-state index contributed by atoms with van der Waals surface area (Å²) < 4.78 is 3.69. The summed E-state index contributed by atoms with van der Waals surface area (Å²) >= 11 is 1.17. The van der Waals surface area contributed by atoms with Gasteiger partial charge in [-0.15, -0.1) is 10.2 Å². The van der Waals surface area contributed by atoms with Crippen LogP contribution in [0.4, 0.5) is 0 Å². The summed E-state index contributed by atoms with van der Waals surface area (Å²) in [5, 5.41) is 22.0. The van der Waals surface area contributed by atoms with E-state index in [0.717, 1.165) is 23.6 Å². The topological polar surface area (TPSA) is 85.8 Å². The zero-order chi connectivity index (χ0) is 14.7. The summed E-state index contributed by atoms with van der Waals surface area (Å²) in [6, 6.07) is 1.99. The summed E-state index contributed by atoms with van der Waals surface area (Å²) in [7, 11) is 1.87. The van der Waals surface area contributed by atoms with E-state index in [0.29, 0.717) is 11.7 Å². The van der Waals surface area contributed by atoms with Gasteiger partial charge in [0, 0.05) is 13.6 Å². The lowest BCUT2D eigenvalue weighted by Gasteiger charge is -2.06. The van der Waals surface area contributed by atoms with E-state index in [1.54, 1.807) is 4.68 Å². The van der Waals surface area contributed by atoms with Crippen LogP contribution in [0.3, 0.4) is 0 Å². The number of rotatable bonds is 6. The summed E-state index contributed by atoms with van der Waals surface area (Å²) in [5.41, 5.74) is 1.88. The van der Waals surface area contributed by atoms with Crippen molar-refractivity contribution in [1.29, 1.82) is 0 Å². The molecule has 0 radical (unpaired) electrons. The number of thioether (sulfide) groups is 1. The van der Waals surface area contributed by atoms with Crippen molar-refractivity contribution in [1.82, 2.24) is 24.5 Å². The average Bonchev–Trinajstić information content (AvgIpc) is 2.98. The Morgan fingerprint density at radius 3 is 2.70 bits per heavy atom. The van der Waals surface area contributed by atoms with Crippen LogP contribution in [0.5, 0.6) is 0 Å². The van der Waals surface area contributed by atoms with Gasteiger partial charge in [0.1, 0.15) is 5.69 Å². The van der Waals surface area contributed by atoms with Crippen molar-refractivity contribution >= 4 is 17.7 Å². The first-order valence-corrected chi connectivity index (χ1v) is 7.36. The van der Waals surface area contributed by atoms with E-state index in [1.165, 1.54) is 11.8 Å². The lowest BCUT2D eigenvalue weighted by molar-refractivity contribution is -0.133. The fraction of sp³-hybridized carbons (Fsp3) is 0.500. The molecule has 0 aliphatic rings. The number of hydrogen-bond acceptors (Lipinski definition) is 5. The number of aliphatic carboxylic acids is 1. The molecule has 0 atom stereocenters. The van der Waals surface area contributed by atoms with Crippen molar-refractivity contribution in [2.75, 3.05) is 5.75 Å². The Hall–Kier alpha value is -1.83. The molecular weight excluding hydrogens is 278 g/mol. The van der Waals surface area contributed by atoms with Crippen molar-refractivity contribution < 1.29 is 9.90 Å². The minimum atomic E-state index is -0.865. The number of carbonyl (C=O) groups is 1. The number of hydrogen-bond donors (Lipinski definition) is 1. The van der Waals surface area contributed by atoms with Gasteiger partial charge in [0.2, 0.25) is 0 Å². The second-order valence-corrected chi connectivity index (χ2v) is 5.17. The Kier molecular flexibility index (Phi) is 4.43. The molecule has 0 saturated carbocycles. The van der Waals surface area contributed by atoms with Crippen LogP contribution in [0, 0.1) is 0 Å². The van der Waals surface area contributed by atoms with Crippen LogP contribution in [0.15, 0.2) is 11.2 Å². The molecule has 2 heterocycles. The molecule has 1 N–H and O–H groups in total. The number of nitrogens with zero attached hydrogens (tertiary/aromatic N) is 5. The minimum Gasteiger partial charge on any atom is -0.481 e. The van der Waals surface area contributed by atoms with Gasteiger partial charge in [-0.3, -0.25) is 9.48 Å². The van der Waals surface area contributed by atoms with Crippen LogP contribution in [-0.2, 0) is 24.8 Å². The summed E-state index contributed by atoms with van der Waals surface area (Å²) in [6.45, 7) is 4.70. The van der Waals surface area contributed by atoms with Crippen molar-refractivity contribution in [3.8, 4) is 11.5 Å². The van der Waals surface area contributed by atoms with Crippen LogP contribution < -0.4 is 0 Å². The Bertz CT molecular complexity index is 619. The second kappa shape index (κ2) is 6.08. The van der Waals surface area contributed by atoms with Gasteiger partial charge in [0.05, 0.1) is 11.4 Å². The first-order valence-electron chi connectivity index (χ1n) is 6.37. The van der Waals surface area contributed by atoms with Crippen molar-refractivity contribution in [2.45, 2.75) is 32.0 Å². The van der Waals surface area contributed by atoms with Crippen molar-refractivity contribution in [2.24, 2.45) is 7.05 Å². The SMILES string of the molecule is CCc1cc(-c2nnc(SCC(=O)O)n2CC)n(C)n1. The van der Waals surface area contributed by atoms with Gasteiger partial charge in [-0.2, -0.15) is 5.10 Å². The number of aryl methyl sites for hydroxylation is 2. The Labute approximate surface area is 121 Å². The minimum absolute atomic E-state index is 0.0241. The van der Waals surface area contributed by atoms with Crippen LogP contribution in [-0.4, -0.2) is 41.4 Å². The van der Waals surface area contributed by atoms with E-state index >= 15 is 0 Å². The third-order valence-corrected chi connectivity index (χ3v) is 3.83. The maximum absolute atomic E-state index is 10.7. The molecule has 0 bridgehead atoms. The molecule has 0 saturated heterocycles. The molecular formula is C12H17N5O2S. The molecule has 2 rings (SSSR count). The van der Waals surface area contributed by atoms with Crippen LogP contribution in [0.25, 0.3) is 11.5 Å². The molecule has 0 aliphatic heterocycles. The average molecular weight is 295 g/mol. The summed E-state index contributed by atoms with van der Waals surface area (Å²) in [6.07, 6.45) is 0.856. The van der Waals surface area contributed by atoms with E-state index in [-0.39, 0.29) is 5.75 Å². The normalized spacial score (nSPS) is 10.9. The largest absolute Gasteiger partial charge is 0.481 e. The quantitative estimate of drug-likeness (QED) is 0.812. The molecule has 0 amide bonds. The molecule has 7 nitrogen and oxygen atoms in total. The number of aromatic nitrogens is 5. The zero-order valence-electron chi connectivity index (χ0n) is 11.7. The zero-order valence-corrected chi connectivity index (χ0v) is 12.5. The molecule has 0 unspecified atom stereocenters. The maximum atomic E-state index is 10.7. The van der Waals surface area contributed by atoms with Crippen molar-refractivity contribution in [3.63, 3.8) is 0 Å². The summed E-state index contributed by atoms with van der Waals surface area (Å²) in [5.74, 6) is -0.171. The molecule has 108 valence electrons. The lowest BCUT2D eigenvalue weighted by atomic mass is 10.3. The highest BCUT2D eigenvalue weighted by atomic mass is 32.2. The molecule has 0 aliphatic carbocycles. The molecule has 0 aromatic carbocycles. The van der Waals surface area contributed by atoms with Gasteiger partial charge in [0.25, 0.3) is 0 Å². The highest BCUT2D eigenvalue weighted by Crippen LogP contribution is 2.24. The van der Waals surface area contributed by atoms with E-state index in [9.17, 15) is 4.79 Å². The van der Waals surface area contributed by atoms with Crippen LogP contribution in [0.1, 0.15) is 19.5 Å². The lowest BCUT2D eigenvalue weighted by Crippen LogP contribution is -2.05. The molecule has 0 spiro atoms. The fourth-order valence-corrected chi connectivity index (χ4v) is 2.63. The van der Waals surface area contributed by atoms with E-state index < -0.39 is 5.97 Å². The Morgan fingerprint density at radius 1 is 1.40 bits per heavy atom. The first kappa shape index (κ1) is 14.6. The van der Waals surface area contributed by atoms with Crippen molar-refractivity contribution in [3.05, 3.63) is 11.8 Å². The van der Waals surface area contributed by atoms with Gasteiger partial charge in [-0.25, -0.2) is 0 Å². The first-order chi connectivity index (χ1) is 9.56. The van der Waals surface area contributed by atoms with E-state index in [4.69, 9.17) is 5.11 Å². The highest BCUT2D eigenvalue weighted by Gasteiger charge is 2.17. The highest BCUT2D eigenvalue weighted by molar-refractivity contribution is 7.99. The van der Waals surface area contributed by atoms with Gasteiger partial charge < -0.3 is 9.67 Å². The van der Waals surface area contributed by atoms with Crippen LogP contribution >= 0.6 is 11.8 Å². The summed E-state index contributed by atoms with van der Waals surface area (Å²) in [4.78, 5) is 10.7. The van der Waals surface area contributed by atoms with E-state index in [1.807, 2.05) is 31.5 Å². The Morgan fingerprint density at radius 2 is 2.15 bits per heavy atom. The predicted molar refractivity (Wildman–Crippen MR) is 75.6 cm³/mol. The number of carboxylic acids is 1. The monoisotopic (exact) mass is 295 g/mol. The third-order valence-electron chi connectivity index (χ3n) is 2.88. The molecule has 0 fully saturated rings. The molecule has 2 aromatic rings. The third kappa shape index (κ3) is 2.84. The van der Waals surface area contributed by atoms with Gasteiger partial charge in [-0.05, 0) is 19.4 Å². The molecule has 20 heavy (non-hydrogen) atoms. The smallest absolute Gasteiger partial charge is 0.313 e. The predicted octanol–water partition coefficient (Wildman–Crippen LogP) is 1.44. The van der Waals surface area contributed by atoms with Crippen LogP contribution in [0.2, 0.25) is 0 Å². The standard InChI is InChI=1S/C12H17N5O2S/c1-4-8-6-9(16(3)15-8)11-13-14-12(17(11)5-2)20-7-10(18)19/h6H,4-5,7H2,1-3H3,(H,18,19). The second-order valence-electron chi connectivity index (χ2n) is 4.23. The van der Waals surface area contributed by atoms with E-state index in [2.05, 4.69) is 15.3 Å². The molecule has 2 aromatic heterocycles.